The van der Waals surface area contributed by atoms with E-state index in [9.17, 15) is 23.5 Å². The molecule has 0 aromatic heterocycles. The van der Waals surface area contributed by atoms with Gasteiger partial charge in [-0.15, -0.1) is 0 Å². The normalized spacial score (nSPS) is 22.6. The summed E-state index contributed by atoms with van der Waals surface area (Å²) in [7, 11) is 0. The van der Waals surface area contributed by atoms with Gasteiger partial charge in [-0.1, -0.05) is 30.3 Å². The van der Waals surface area contributed by atoms with Crippen molar-refractivity contribution in [2.45, 2.75) is 24.9 Å². The lowest BCUT2D eigenvalue weighted by molar-refractivity contribution is -0.142. The van der Waals surface area contributed by atoms with Crippen molar-refractivity contribution in [3.63, 3.8) is 0 Å². The molecule has 0 saturated carbocycles. The SMILES string of the molecule is O=C1NC(c2ccccc2F)NC(C(=O)NCc2ccc(F)cc2)C1O. The van der Waals surface area contributed by atoms with Crippen molar-refractivity contribution in [1.82, 2.24) is 16.0 Å². The van der Waals surface area contributed by atoms with Crippen LogP contribution in [0.2, 0.25) is 0 Å². The summed E-state index contributed by atoms with van der Waals surface area (Å²) in [6.45, 7) is 0.0933. The Kier molecular flexibility index (Phi) is 5.24. The summed E-state index contributed by atoms with van der Waals surface area (Å²) in [5, 5.41) is 17.7. The minimum absolute atomic E-state index is 0.0933. The number of halogens is 2. The molecule has 1 aliphatic rings. The Balaban J connectivity index is 1.70. The van der Waals surface area contributed by atoms with Crippen molar-refractivity contribution in [2.24, 2.45) is 0 Å². The zero-order valence-electron chi connectivity index (χ0n) is 13.6. The molecule has 3 atom stereocenters. The number of hydrogen-bond donors (Lipinski definition) is 4. The molecule has 1 aliphatic heterocycles. The first-order chi connectivity index (χ1) is 12.5. The van der Waals surface area contributed by atoms with Crippen LogP contribution in [0.5, 0.6) is 0 Å². The van der Waals surface area contributed by atoms with Gasteiger partial charge in [0.1, 0.15) is 23.8 Å². The lowest BCUT2D eigenvalue weighted by atomic mass is 10.0. The molecule has 1 fully saturated rings. The van der Waals surface area contributed by atoms with Gasteiger partial charge in [0.05, 0.1) is 0 Å². The molecular formula is C18H17F2N3O3. The Labute approximate surface area is 148 Å². The quantitative estimate of drug-likeness (QED) is 0.646. The fourth-order valence-corrected chi connectivity index (χ4v) is 2.69. The first kappa shape index (κ1) is 18.0. The summed E-state index contributed by atoms with van der Waals surface area (Å²) in [6, 6.07) is 10.1. The Bertz CT molecular complexity index is 814. The van der Waals surface area contributed by atoms with E-state index in [1.807, 2.05) is 0 Å². The molecule has 2 amide bonds. The Morgan fingerprint density at radius 1 is 1.12 bits per heavy atom. The third kappa shape index (κ3) is 3.87. The maximum Gasteiger partial charge on any atom is 0.252 e. The largest absolute Gasteiger partial charge is 0.381 e. The molecule has 0 radical (unpaired) electrons. The van der Waals surface area contributed by atoms with E-state index in [4.69, 9.17) is 0 Å². The second kappa shape index (κ2) is 7.59. The maximum atomic E-state index is 13.9. The summed E-state index contributed by atoms with van der Waals surface area (Å²) in [5.74, 6) is -2.35. The van der Waals surface area contributed by atoms with Crippen LogP contribution in [-0.2, 0) is 16.1 Å². The van der Waals surface area contributed by atoms with E-state index in [0.717, 1.165) is 0 Å². The standard InChI is InChI=1S/C18H17F2N3O3/c19-11-7-5-10(6-8-11)9-21-17(25)14-15(24)18(26)23-16(22-14)12-3-1-2-4-13(12)20/h1-8,14-16,22,24H,9H2,(H,21,25)(H,23,26). The van der Waals surface area contributed by atoms with E-state index in [1.165, 1.54) is 42.5 Å². The third-order valence-corrected chi connectivity index (χ3v) is 4.10. The molecule has 26 heavy (non-hydrogen) atoms. The van der Waals surface area contributed by atoms with Gasteiger partial charge in [-0.2, -0.15) is 0 Å². The summed E-state index contributed by atoms with van der Waals surface area (Å²) in [4.78, 5) is 24.3. The van der Waals surface area contributed by atoms with Crippen LogP contribution < -0.4 is 16.0 Å². The number of nitrogens with one attached hydrogen (secondary N) is 3. The van der Waals surface area contributed by atoms with Gasteiger partial charge >= 0.3 is 0 Å². The van der Waals surface area contributed by atoms with Crippen molar-refractivity contribution in [1.29, 1.82) is 0 Å². The highest BCUT2D eigenvalue weighted by Crippen LogP contribution is 2.19. The number of hydrogen-bond acceptors (Lipinski definition) is 4. The van der Waals surface area contributed by atoms with E-state index < -0.39 is 41.8 Å². The third-order valence-electron chi connectivity index (χ3n) is 4.10. The Hall–Kier alpha value is -2.84. The first-order valence-electron chi connectivity index (χ1n) is 7.97. The second-order valence-electron chi connectivity index (χ2n) is 5.90. The fraction of sp³-hybridized carbons (Fsp3) is 0.222. The highest BCUT2D eigenvalue weighted by atomic mass is 19.1. The number of amides is 2. The number of aliphatic hydroxyl groups is 1. The zero-order valence-corrected chi connectivity index (χ0v) is 13.6. The molecule has 0 bridgehead atoms. The molecule has 4 N–H and O–H groups in total. The number of benzene rings is 2. The van der Waals surface area contributed by atoms with Crippen LogP contribution in [0.3, 0.4) is 0 Å². The van der Waals surface area contributed by atoms with E-state index in [-0.39, 0.29) is 12.1 Å². The van der Waals surface area contributed by atoms with E-state index in [0.29, 0.717) is 5.56 Å². The monoisotopic (exact) mass is 361 g/mol. The van der Waals surface area contributed by atoms with Gasteiger partial charge in [0.2, 0.25) is 5.91 Å². The van der Waals surface area contributed by atoms with Crippen LogP contribution in [0.15, 0.2) is 48.5 Å². The van der Waals surface area contributed by atoms with Crippen molar-refractivity contribution in [3.8, 4) is 0 Å². The predicted octanol–water partition coefficient (Wildman–Crippen LogP) is 0.729. The fourth-order valence-electron chi connectivity index (χ4n) is 2.69. The van der Waals surface area contributed by atoms with Gasteiger partial charge in [-0.25, -0.2) is 8.78 Å². The Morgan fingerprint density at radius 3 is 2.50 bits per heavy atom. The van der Waals surface area contributed by atoms with Crippen molar-refractivity contribution in [2.75, 3.05) is 0 Å². The topological polar surface area (TPSA) is 90.5 Å². The van der Waals surface area contributed by atoms with Gasteiger partial charge in [-0.05, 0) is 23.8 Å². The lowest BCUT2D eigenvalue weighted by Gasteiger charge is -2.34. The molecule has 3 rings (SSSR count). The molecule has 0 spiro atoms. The predicted molar refractivity (Wildman–Crippen MR) is 88.5 cm³/mol. The number of rotatable bonds is 4. The summed E-state index contributed by atoms with van der Waals surface area (Å²) in [5.41, 5.74) is 0.809. The van der Waals surface area contributed by atoms with Crippen LogP contribution in [0.25, 0.3) is 0 Å². The number of aliphatic hydroxyl groups excluding tert-OH is 1. The lowest BCUT2D eigenvalue weighted by Crippen LogP contribution is -2.64. The van der Waals surface area contributed by atoms with E-state index in [2.05, 4.69) is 16.0 Å². The van der Waals surface area contributed by atoms with Gasteiger partial charge in [-0.3, -0.25) is 14.9 Å². The van der Waals surface area contributed by atoms with Crippen LogP contribution >= 0.6 is 0 Å². The zero-order chi connectivity index (χ0) is 18.7. The smallest absolute Gasteiger partial charge is 0.252 e. The van der Waals surface area contributed by atoms with Gasteiger partial charge in [0, 0.05) is 12.1 Å². The van der Waals surface area contributed by atoms with Crippen LogP contribution in [0.4, 0.5) is 8.78 Å². The molecule has 8 heteroatoms. The average molecular weight is 361 g/mol. The van der Waals surface area contributed by atoms with E-state index in [1.54, 1.807) is 6.07 Å². The Morgan fingerprint density at radius 2 is 1.81 bits per heavy atom. The molecular weight excluding hydrogens is 344 g/mol. The highest BCUT2D eigenvalue weighted by Gasteiger charge is 2.40. The summed E-state index contributed by atoms with van der Waals surface area (Å²) < 4.78 is 26.8. The highest BCUT2D eigenvalue weighted by molar-refractivity contribution is 5.93. The minimum atomic E-state index is -1.62. The van der Waals surface area contributed by atoms with Crippen molar-refractivity contribution < 1.29 is 23.5 Å². The van der Waals surface area contributed by atoms with E-state index >= 15 is 0 Å². The number of carbonyl (C=O) groups is 2. The molecule has 2 aromatic carbocycles. The van der Waals surface area contributed by atoms with Crippen molar-refractivity contribution >= 4 is 11.8 Å². The van der Waals surface area contributed by atoms with Crippen molar-refractivity contribution in [3.05, 3.63) is 71.3 Å². The first-order valence-corrected chi connectivity index (χ1v) is 7.97. The average Bonchev–Trinajstić information content (AvgIpc) is 2.63. The maximum absolute atomic E-state index is 13.9. The van der Waals surface area contributed by atoms with Crippen LogP contribution in [-0.4, -0.2) is 29.1 Å². The summed E-state index contributed by atoms with van der Waals surface area (Å²) >= 11 is 0. The molecule has 1 heterocycles. The number of carbonyl (C=O) groups excluding carboxylic acids is 2. The van der Waals surface area contributed by atoms with Crippen LogP contribution in [0, 0.1) is 11.6 Å². The second-order valence-corrected chi connectivity index (χ2v) is 5.90. The van der Waals surface area contributed by atoms with Crippen LogP contribution in [0.1, 0.15) is 17.3 Å². The van der Waals surface area contributed by atoms with Gasteiger partial charge in [0.15, 0.2) is 6.10 Å². The minimum Gasteiger partial charge on any atom is -0.381 e. The molecule has 0 aliphatic carbocycles. The molecule has 2 aromatic rings. The molecule has 136 valence electrons. The molecule has 1 saturated heterocycles. The summed E-state index contributed by atoms with van der Waals surface area (Å²) in [6.07, 6.45) is -2.57. The van der Waals surface area contributed by atoms with Gasteiger partial charge < -0.3 is 15.7 Å². The molecule has 3 unspecified atom stereocenters. The molecule has 6 nitrogen and oxygen atoms in total. The van der Waals surface area contributed by atoms with Gasteiger partial charge in [0.25, 0.3) is 5.91 Å².